The summed E-state index contributed by atoms with van der Waals surface area (Å²) in [6, 6.07) is -3.00. The SMILES string of the molecule is CC[C@@H](CO)C(=O)N1C[C@H](CCCB(O)O)[C@](N)(C(=O)O)C1.NCCC[C@H](N)C(=O)N1C[C@H](CCCB(O)O)[C@](N)(C(=O)O)C1.N[C@@H](CC(=O)O)C(=O)N1C[C@H](CCCB(O)O)[C@](N)(C(=O)O)C1.N[C@@H](CCC(=O)O)C(=O)N1C[C@H](CCCB(O)O)[C@](N)(C(=O)O)C1. The molecule has 4 fully saturated rings. The Kier molecular flexibility index (Phi) is 35.9. The number of likely N-dealkylation sites (tertiary alicyclic amines) is 4. The number of aliphatic hydroxyl groups excluding tert-OH is 1. The molecule has 4 rings (SSSR count). The van der Waals surface area contributed by atoms with Crippen LogP contribution in [-0.4, -0.2) is 289 Å². The highest BCUT2D eigenvalue weighted by atomic mass is 16.4. The van der Waals surface area contributed by atoms with Crippen LogP contribution in [0.3, 0.4) is 0 Å². The van der Waals surface area contributed by atoms with Gasteiger partial charge in [0.2, 0.25) is 23.6 Å². The Labute approximate surface area is 533 Å². The van der Waals surface area contributed by atoms with Crippen molar-refractivity contribution in [3.05, 3.63) is 0 Å². The van der Waals surface area contributed by atoms with E-state index >= 15 is 0 Å². The Balaban J connectivity index is 0.000000614. The van der Waals surface area contributed by atoms with Crippen LogP contribution in [0.2, 0.25) is 25.3 Å². The van der Waals surface area contributed by atoms with E-state index in [1.807, 2.05) is 0 Å². The lowest BCUT2D eigenvalue weighted by Crippen LogP contribution is -2.55. The largest absolute Gasteiger partial charge is 0.481 e. The van der Waals surface area contributed by atoms with E-state index in [-0.39, 0.29) is 109 Å². The molecular formula is C51H98B4N12O25. The van der Waals surface area contributed by atoms with Crippen molar-refractivity contribution >= 4 is 87.9 Å². The number of carbonyl (C=O) groups excluding carboxylic acids is 4. The lowest BCUT2D eigenvalue weighted by molar-refractivity contribution is -0.146. The van der Waals surface area contributed by atoms with Crippen molar-refractivity contribution < 1.29 is 124 Å². The molecule has 37 nitrogen and oxygen atoms in total. The molecule has 4 heterocycles. The Hall–Kier alpha value is -5.72. The predicted octanol–water partition coefficient (Wildman–Crippen LogP) is -9.00. The minimum absolute atomic E-state index is 0.0382. The first kappa shape index (κ1) is 84.3. The van der Waals surface area contributed by atoms with Crippen molar-refractivity contribution in [2.45, 2.75) is 162 Å². The molecule has 0 saturated carbocycles. The average molecular weight is 1320 g/mol. The molecule has 4 saturated heterocycles. The molecule has 0 aromatic carbocycles. The number of carbonyl (C=O) groups is 10. The molecule has 12 atom stereocenters. The number of carboxylic acid groups (broad SMARTS) is 6. The minimum atomic E-state index is -1.67. The van der Waals surface area contributed by atoms with E-state index in [0.717, 1.165) is 0 Å². The summed E-state index contributed by atoms with van der Waals surface area (Å²) < 4.78 is 0. The molecule has 0 radical (unpaired) electrons. The maximum absolute atomic E-state index is 12.3. The third-order valence-electron chi connectivity index (χ3n) is 17.2. The summed E-state index contributed by atoms with van der Waals surface area (Å²) >= 11 is 0. The van der Waals surface area contributed by atoms with Gasteiger partial charge in [-0.15, -0.1) is 0 Å². The molecular weight excluding hydrogens is 1220 g/mol. The highest BCUT2D eigenvalue weighted by Crippen LogP contribution is 2.35. The molecule has 41 heteroatoms. The zero-order valence-electron chi connectivity index (χ0n) is 51.9. The summed E-state index contributed by atoms with van der Waals surface area (Å²) in [4.78, 5) is 121. The predicted molar refractivity (Wildman–Crippen MR) is 328 cm³/mol. The van der Waals surface area contributed by atoms with Gasteiger partial charge in [0, 0.05) is 82.5 Å². The van der Waals surface area contributed by atoms with Crippen LogP contribution in [0.5, 0.6) is 0 Å². The van der Waals surface area contributed by atoms with Gasteiger partial charge in [-0.2, -0.15) is 0 Å². The van der Waals surface area contributed by atoms with E-state index in [2.05, 4.69) is 0 Å². The maximum Gasteiger partial charge on any atom is 0.451 e. The third kappa shape index (κ3) is 25.5. The van der Waals surface area contributed by atoms with Gasteiger partial charge in [0.15, 0.2) is 0 Å². The molecule has 31 N–H and O–H groups in total. The number of aliphatic hydroxyl groups is 1. The van der Waals surface area contributed by atoms with Crippen molar-refractivity contribution in [1.82, 2.24) is 19.6 Å². The molecule has 0 aromatic rings. The zero-order valence-corrected chi connectivity index (χ0v) is 51.9. The van der Waals surface area contributed by atoms with Crippen LogP contribution >= 0.6 is 0 Å². The van der Waals surface area contributed by atoms with Crippen LogP contribution in [0, 0.1) is 29.6 Å². The molecule has 0 aromatic heterocycles. The number of rotatable bonds is 34. The summed E-state index contributed by atoms with van der Waals surface area (Å²) in [7, 11) is -5.84. The summed E-state index contributed by atoms with van der Waals surface area (Å²) in [6.45, 7) is 1.81. The van der Waals surface area contributed by atoms with Crippen LogP contribution in [-0.2, 0) is 47.9 Å². The van der Waals surface area contributed by atoms with Gasteiger partial charge in [0.25, 0.3) is 0 Å². The normalized spacial score (nSPS) is 25.3. The van der Waals surface area contributed by atoms with Crippen LogP contribution in [0.25, 0.3) is 0 Å². The van der Waals surface area contributed by atoms with Crippen molar-refractivity contribution in [1.29, 1.82) is 0 Å². The molecule has 0 aliphatic carbocycles. The van der Waals surface area contributed by atoms with Gasteiger partial charge in [0.05, 0.1) is 37.1 Å². The molecule has 4 amide bonds. The highest BCUT2D eigenvalue weighted by Gasteiger charge is 2.54. The van der Waals surface area contributed by atoms with Crippen molar-refractivity contribution in [3.63, 3.8) is 0 Å². The first-order chi connectivity index (χ1) is 42.6. The van der Waals surface area contributed by atoms with Crippen molar-refractivity contribution in [2.75, 3.05) is 65.5 Å². The van der Waals surface area contributed by atoms with Crippen molar-refractivity contribution in [2.24, 2.45) is 75.5 Å². The number of nitrogens with zero attached hydrogens (tertiary/aromatic N) is 4. The molecule has 0 bridgehead atoms. The number of nitrogens with two attached hydrogens (primary N) is 8. The van der Waals surface area contributed by atoms with Gasteiger partial charge in [-0.25, -0.2) is 0 Å². The smallest absolute Gasteiger partial charge is 0.451 e. The topological polar surface area (TPSA) is 695 Å². The molecule has 524 valence electrons. The van der Waals surface area contributed by atoms with Gasteiger partial charge in [-0.05, 0) is 83.2 Å². The Morgan fingerprint density at radius 3 is 0.935 bits per heavy atom. The number of carboxylic acids is 6. The second kappa shape index (κ2) is 39.2. The van der Waals surface area contributed by atoms with Gasteiger partial charge in [0.1, 0.15) is 22.2 Å². The minimum Gasteiger partial charge on any atom is -0.481 e. The third-order valence-corrected chi connectivity index (χ3v) is 17.2. The van der Waals surface area contributed by atoms with Gasteiger partial charge in [-0.3, -0.25) is 47.9 Å². The Bertz CT molecular complexity index is 2430. The summed E-state index contributed by atoms with van der Waals surface area (Å²) in [5.41, 5.74) is 39.9. The van der Waals surface area contributed by atoms with Crippen molar-refractivity contribution in [3.8, 4) is 0 Å². The van der Waals surface area contributed by atoms with E-state index in [9.17, 15) is 73.5 Å². The van der Waals surface area contributed by atoms with Gasteiger partial charge in [-0.1, -0.05) is 32.6 Å². The molecule has 0 spiro atoms. The van der Waals surface area contributed by atoms with Crippen LogP contribution in [0.15, 0.2) is 0 Å². The summed E-state index contributed by atoms with van der Waals surface area (Å²) in [5, 5.41) is 135. The number of hydrogen-bond donors (Lipinski definition) is 23. The van der Waals surface area contributed by atoms with E-state index in [0.29, 0.717) is 77.2 Å². The van der Waals surface area contributed by atoms with E-state index in [1.165, 1.54) is 19.6 Å². The van der Waals surface area contributed by atoms with E-state index in [4.69, 9.17) is 96.3 Å². The Morgan fingerprint density at radius 1 is 0.435 bits per heavy atom. The monoisotopic (exact) mass is 1320 g/mol. The van der Waals surface area contributed by atoms with Crippen LogP contribution < -0.4 is 45.9 Å². The second-order valence-electron chi connectivity index (χ2n) is 24.3. The fourth-order valence-electron chi connectivity index (χ4n) is 11.5. The molecule has 4 aliphatic heterocycles. The fourth-order valence-corrected chi connectivity index (χ4v) is 11.5. The average Bonchev–Trinajstić information content (AvgIpc) is 1.67. The molecule has 92 heavy (non-hydrogen) atoms. The zero-order chi connectivity index (χ0) is 70.8. The molecule has 0 unspecified atom stereocenters. The number of hydrogen-bond acceptors (Lipinski definition) is 27. The van der Waals surface area contributed by atoms with Crippen LogP contribution in [0.4, 0.5) is 0 Å². The maximum atomic E-state index is 12.3. The highest BCUT2D eigenvalue weighted by molar-refractivity contribution is 6.41. The second-order valence-corrected chi connectivity index (χ2v) is 24.3. The lowest BCUT2D eigenvalue weighted by atomic mass is 9.78. The fraction of sp³-hybridized carbons (Fsp3) is 0.804. The van der Waals surface area contributed by atoms with E-state index < -0.39 is 152 Å². The first-order valence-corrected chi connectivity index (χ1v) is 30.3. The van der Waals surface area contributed by atoms with Gasteiger partial charge >= 0.3 is 64.3 Å². The summed E-state index contributed by atoms with van der Waals surface area (Å²) in [5.74, 6) is -11.5. The molecule has 4 aliphatic rings. The lowest BCUT2D eigenvalue weighted by Gasteiger charge is -2.25. The van der Waals surface area contributed by atoms with Gasteiger partial charge < -0.3 is 141 Å². The van der Waals surface area contributed by atoms with E-state index in [1.54, 1.807) is 6.92 Å². The Morgan fingerprint density at radius 2 is 0.707 bits per heavy atom. The summed E-state index contributed by atoms with van der Waals surface area (Å²) in [6.07, 6.45) is 3.98. The first-order valence-electron chi connectivity index (χ1n) is 30.3. The number of aliphatic carboxylic acids is 6. The quantitative estimate of drug-likeness (QED) is 0.0266. The van der Waals surface area contributed by atoms with Crippen LogP contribution in [0.1, 0.15) is 96.8 Å². The standard InChI is InChI=1S/C13H27BN4O5.C13H24BN3O7.C13H25BN2O6.C12H22BN3O7/c15-6-2-4-10(16)11(19)18-7-9(3-1-5-14(22)23)13(17,8-18)12(20)21;15-9(3-4-10(18)19)11(20)17-6-8(2-1-5-14(23)24)13(16,7-17)12(21)22;1-2-9(7-17)11(18)16-6-10(4-3-5-14(21)22)13(15,8-16)12(19)20;14-8(4-9(17)18)10(19)16-5-7(2-1-3-13(22)23)12(15,6-16)11(20)21/h9-10,22-23H,1-8,15-17H2,(H,20,21);8-9,23-24H,1-7,15-16H2,(H,18,19)(H,21,22);9-10,17,21-22H,2-8,15H2,1H3,(H,19,20);7-8,22-23H,1-6,14-15H2,(H,17,18)(H,20,21)/t9-,10-,13-;8-,9-,13-;9-,10-,13-;7-,8-,12-/m0000/s1. The number of amides is 4.